The molecule has 2 nitrogen and oxygen atoms in total. The van der Waals surface area contributed by atoms with Crippen LogP contribution in [0.5, 0.6) is 0 Å². The topological polar surface area (TPSA) is 30.0 Å². The van der Waals surface area contributed by atoms with Crippen LogP contribution in [0.4, 0.5) is 0 Å². The van der Waals surface area contributed by atoms with Crippen LogP contribution in [-0.4, -0.2) is 10.8 Å². The first-order chi connectivity index (χ1) is 9.16. The molecule has 3 aromatic rings. The Morgan fingerprint density at radius 3 is 2.84 bits per heavy atom. The second kappa shape index (κ2) is 4.59. The van der Waals surface area contributed by atoms with Gasteiger partial charge in [-0.15, -0.1) is 11.3 Å². The maximum absolute atomic E-state index is 12.6. The third-order valence-corrected chi connectivity index (χ3v) is 4.12. The molecule has 0 saturated carbocycles. The molecular weight excluding hydrogens is 254 g/mol. The van der Waals surface area contributed by atoms with Crippen molar-refractivity contribution in [1.29, 1.82) is 0 Å². The van der Waals surface area contributed by atoms with Crippen LogP contribution in [0.1, 0.15) is 27.2 Å². The molecule has 19 heavy (non-hydrogen) atoms. The summed E-state index contributed by atoms with van der Waals surface area (Å²) < 4.78 is 1.04. The Kier molecular flexibility index (Phi) is 2.91. The summed E-state index contributed by atoms with van der Waals surface area (Å²) in [5.41, 5.74) is 3.29. The molecular formula is C16H13NOS. The van der Waals surface area contributed by atoms with E-state index in [0.29, 0.717) is 5.69 Å². The van der Waals surface area contributed by atoms with Crippen LogP contribution in [0.2, 0.25) is 0 Å². The Bertz CT molecular complexity index is 773. The van der Waals surface area contributed by atoms with Crippen LogP contribution in [0, 0.1) is 13.8 Å². The van der Waals surface area contributed by atoms with Crippen molar-refractivity contribution in [2.45, 2.75) is 13.8 Å². The van der Waals surface area contributed by atoms with Crippen molar-refractivity contribution >= 4 is 27.2 Å². The lowest BCUT2D eigenvalue weighted by Gasteiger charge is -2.06. The number of hydrogen-bond donors (Lipinski definition) is 0. The van der Waals surface area contributed by atoms with Gasteiger partial charge >= 0.3 is 0 Å². The van der Waals surface area contributed by atoms with Crippen molar-refractivity contribution < 1.29 is 4.79 Å². The molecule has 2 aromatic heterocycles. The lowest BCUT2D eigenvalue weighted by atomic mass is 10.0. The van der Waals surface area contributed by atoms with Gasteiger partial charge in [0.2, 0.25) is 5.78 Å². The summed E-state index contributed by atoms with van der Waals surface area (Å²) in [6, 6.07) is 9.85. The molecule has 0 bridgehead atoms. The third kappa shape index (κ3) is 2.06. The number of hydrogen-bond acceptors (Lipinski definition) is 3. The molecule has 0 atom stereocenters. The van der Waals surface area contributed by atoms with E-state index in [4.69, 9.17) is 0 Å². The van der Waals surface area contributed by atoms with Gasteiger partial charge in [0.25, 0.3) is 0 Å². The minimum absolute atomic E-state index is 0.00514. The first-order valence-electron chi connectivity index (χ1n) is 6.11. The van der Waals surface area contributed by atoms with E-state index in [9.17, 15) is 4.79 Å². The highest BCUT2D eigenvalue weighted by Gasteiger charge is 2.16. The Morgan fingerprint density at radius 2 is 2.05 bits per heavy atom. The average molecular weight is 267 g/mol. The number of carbonyl (C=O) groups excluding carboxylic acids is 1. The summed E-state index contributed by atoms with van der Waals surface area (Å²) in [5, 5.41) is 3.12. The Hall–Kier alpha value is -2.00. The number of fused-ring (bicyclic) bond motifs is 1. The molecule has 0 aliphatic heterocycles. The molecule has 0 radical (unpaired) electrons. The second-order valence-corrected chi connectivity index (χ2v) is 5.57. The Balaban J connectivity index is 2.16. The molecule has 3 rings (SSSR count). The van der Waals surface area contributed by atoms with E-state index in [1.165, 1.54) is 0 Å². The van der Waals surface area contributed by atoms with Gasteiger partial charge in [0.15, 0.2) is 0 Å². The first-order valence-corrected chi connectivity index (χ1v) is 6.99. The monoisotopic (exact) mass is 267 g/mol. The molecule has 0 spiro atoms. The van der Waals surface area contributed by atoms with Crippen LogP contribution in [0.25, 0.3) is 10.1 Å². The standard InChI is InChI=1S/C16H13NOS/c1-10-8-11(2)14(17-9-10)15(18)13-5-3-4-12-6-7-19-16(12)13/h3-9H,1-2H3. The molecule has 3 heteroatoms. The number of rotatable bonds is 2. The summed E-state index contributed by atoms with van der Waals surface area (Å²) in [4.78, 5) is 16.9. The van der Waals surface area contributed by atoms with Gasteiger partial charge in [0, 0.05) is 16.5 Å². The highest BCUT2D eigenvalue weighted by Crippen LogP contribution is 2.26. The fourth-order valence-corrected chi connectivity index (χ4v) is 3.16. The quantitative estimate of drug-likeness (QED) is 0.653. The average Bonchev–Trinajstić information content (AvgIpc) is 2.86. The van der Waals surface area contributed by atoms with E-state index in [2.05, 4.69) is 4.98 Å². The zero-order valence-corrected chi connectivity index (χ0v) is 11.6. The maximum Gasteiger partial charge on any atom is 0.213 e. The zero-order chi connectivity index (χ0) is 13.4. The van der Waals surface area contributed by atoms with Crippen LogP contribution < -0.4 is 0 Å². The van der Waals surface area contributed by atoms with Crippen LogP contribution in [-0.2, 0) is 0 Å². The molecule has 0 unspecified atom stereocenters. The summed E-state index contributed by atoms with van der Waals surface area (Å²) in [5.74, 6) is 0.00514. The van der Waals surface area contributed by atoms with E-state index in [0.717, 1.165) is 26.8 Å². The van der Waals surface area contributed by atoms with Crippen LogP contribution in [0.3, 0.4) is 0 Å². The number of pyridine rings is 1. The number of benzene rings is 1. The fourth-order valence-electron chi connectivity index (χ4n) is 2.25. The van der Waals surface area contributed by atoms with Gasteiger partial charge in [0.1, 0.15) is 5.69 Å². The normalized spacial score (nSPS) is 10.8. The first kappa shape index (κ1) is 12.1. The highest BCUT2D eigenvalue weighted by atomic mass is 32.1. The van der Waals surface area contributed by atoms with E-state index >= 15 is 0 Å². The molecule has 2 heterocycles. The molecule has 1 aromatic carbocycles. The third-order valence-electron chi connectivity index (χ3n) is 3.15. The minimum Gasteiger partial charge on any atom is -0.287 e. The summed E-state index contributed by atoms with van der Waals surface area (Å²) in [7, 11) is 0. The summed E-state index contributed by atoms with van der Waals surface area (Å²) in [6.07, 6.45) is 1.74. The van der Waals surface area contributed by atoms with Crippen LogP contribution >= 0.6 is 11.3 Å². The summed E-state index contributed by atoms with van der Waals surface area (Å²) >= 11 is 1.60. The van der Waals surface area contributed by atoms with Crippen molar-refractivity contribution in [2.75, 3.05) is 0 Å². The van der Waals surface area contributed by atoms with E-state index in [-0.39, 0.29) is 5.78 Å². The highest BCUT2D eigenvalue weighted by molar-refractivity contribution is 7.17. The molecule has 0 saturated heterocycles. The minimum atomic E-state index is 0.00514. The van der Waals surface area contributed by atoms with E-state index in [1.54, 1.807) is 17.5 Å². The van der Waals surface area contributed by atoms with Crippen molar-refractivity contribution in [3.8, 4) is 0 Å². The Labute approximate surface area is 115 Å². The molecule has 0 aliphatic rings. The van der Waals surface area contributed by atoms with Gasteiger partial charge in [-0.05, 0) is 47.9 Å². The largest absolute Gasteiger partial charge is 0.287 e. The lowest BCUT2D eigenvalue weighted by Crippen LogP contribution is -2.06. The molecule has 0 N–H and O–H groups in total. The van der Waals surface area contributed by atoms with Crippen molar-refractivity contribution in [2.24, 2.45) is 0 Å². The predicted molar refractivity (Wildman–Crippen MR) is 79.0 cm³/mol. The number of aromatic nitrogens is 1. The second-order valence-electron chi connectivity index (χ2n) is 4.65. The van der Waals surface area contributed by atoms with Crippen LogP contribution in [0.15, 0.2) is 41.9 Å². The molecule has 0 aliphatic carbocycles. The zero-order valence-electron chi connectivity index (χ0n) is 10.8. The molecule has 0 amide bonds. The van der Waals surface area contributed by atoms with Crippen molar-refractivity contribution in [3.63, 3.8) is 0 Å². The molecule has 0 fully saturated rings. The van der Waals surface area contributed by atoms with E-state index in [1.807, 2.05) is 49.6 Å². The number of thiophene rings is 1. The van der Waals surface area contributed by atoms with Gasteiger partial charge in [-0.2, -0.15) is 0 Å². The number of carbonyl (C=O) groups is 1. The smallest absolute Gasteiger partial charge is 0.213 e. The SMILES string of the molecule is Cc1cnc(C(=O)c2cccc3ccsc23)c(C)c1. The van der Waals surface area contributed by atoms with Gasteiger partial charge in [0.05, 0.1) is 0 Å². The molecule has 94 valence electrons. The van der Waals surface area contributed by atoms with Gasteiger partial charge in [-0.3, -0.25) is 9.78 Å². The summed E-state index contributed by atoms with van der Waals surface area (Å²) in [6.45, 7) is 3.91. The maximum atomic E-state index is 12.6. The van der Waals surface area contributed by atoms with Gasteiger partial charge in [-0.1, -0.05) is 18.2 Å². The van der Waals surface area contributed by atoms with Crippen molar-refractivity contribution in [1.82, 2.24) is 4.98 Å². The fraction of sp³-hybridized carbons (Fsp3) is 0.125. The number of aryl methyl sites for hydroxylation is 2. The Morgan fingerprint density at radius 1 is 1.21 bits per heavy atom. The number of ketones is 1. The van der Waals surface area contributed by atoms with E-state index < -0.39 is 0 Å². The lowest BCUT2D eigenvalue weighted by molar-refractivity contribution is 0.103. The number of nitrogens with zero attached hydrogens (tertiary/aromatic N) is 1. The van der Waals surface area contributed by atoms with Gasteiger partial charge < -0.3 is 0 Å². The van der Waals surface area contributed by atoms with Gasteiger partial charge in [-0.25, -0.2) is 0 Å². The van der Waals surface area contributed by atoms with Crippen molar-refractivity contribution in [3.05, 3.63) is 64.3 Å². The predicted octanol–water partition coefficient (Wildman–Crippen LogP) is 4.14.